The number of anilines is 1. The number of hydrogen-bond acceptors (Lipinski definition) is 4. The Morgan fingerprint density at radius 1 is 1.03 bits per heavy atom. The van der Waals surface area contributed by atoms with E-state index in [0.29, 0.717) is 6.04 Å². The average molecular weight is 415 g/mol. The molecular weight excluding hydrogens is 384 g/mol. The van der Waals surface area contributed by atoms with Crippen LogP contribution in [-0.4, -0.2) is 20.6 Å². The Bertz CT molecular complexity index is 1150. The largest absolute Gasteiger partial charge is 0.367 e. The maximum absolute atomic E-state index is 5.39. The Kier molecular flexibility index (Phi) is 5.49. The van der Waals surface area contributed by atoms with E-state index in [1.807, 2.05) is 13.8 Å². The molecule has 0 saturated heterocycles. The van der Waals surface area contributed by atoms with Gasteiger partial charge in [0.15, 0.2) is 0 Å². The number of benzene rings is 1. The quantitative estimate of drug-likeness (QED) is 0.412. The maximum atomic E-state index is 5.39. The molecule has 0 amide bonds. The molecule has 1 aromatic carbocycles. The average Bonchev–Trinajstić information content (AvgIpc) is 3.32. The second-order valence-electron chi connectivity index (χ2n) is 8.71. The van der Waals surface area contributed by atoms with Crippen molar-refractivity contribution in [2.24, 2.45) is 0 Å². The minimum absolute atomic E-state index is 0.534. The van der Waals surface area contributed by atoms with Gasteiger partial charge in [0.25, 0.3) is 0 Å². The summed E-state index contributed by atoms with van der Waals surface area (Å²) in [5, 5.41) is 7.98. The van der Waals surface area contributed by atoms with Crippen molar-refractivity contribution in [3.63, 3.8) is 0 Å². The second-order valence-corrected chi connectivity index (χ2v) is 8.71. The zero-order valence-electron chi connectivity index (χ0n) is 18.4. The fraction of sp³-hybridized carbons (Fsp3) is 0.385. The number of aryl methyl sites for hydroxylation is 4. The lowest BCUT2D eigenvalue weighted by molar-refractivity contribution is 0.393. The van der Waals surface area contributed by atoms with Crippen LogP contribution in [-0.2, 0) is 12.8 Å². The van der Waals surface area contributed by atoms with E-state index in [1.165, 1.54) is 37.7 Å². The van der Waals surface area contributed by atoms with Crippen LogP contribution in [0.1, 0.15) is 54.8 Å². The van der Waals surface area contributed by atoms with Crippen LogP contribution in [0.15, 0.2) is 53.2 Å². The highest BCUT2D eigenvalue weighted by Crippen LogP contribution is 2.31. The second kappa shape index (κ2) is 8.58. The standard InChI is InChI=1S/C26H30N4O/c1-18-25(19(2)31-29-18)21-15-16-30-24(17-21)28-23(14-13-20-9-5-3-6-10-20)26(30)27-22-11-7-4-8-12-22/h3,5-6,9-10,15-17,22,27H,4,7-8,11-14H2,1-2H3. The minimum Gasteiger partial charge on any atom is -0.367 e. The third-order valence-corrected chi connectivity index (χ3v) is 6.46. The summed E-state index contributed by atoms with van der Waals surface area (Å²) in [5.41, 5.74) is 6.55. The summed E-state index contributed by atoms with van der Waals surface area (Å²) >= 11 is 0. The molecule has 3 aromatic heterocycles. The summed E-state index contributed by atoms with van der Waals surface area (Å²) in [4.78, 5) is 5.07. The van der Waals surface area contributed by atoms with Crippen LogP contribution in [0.25, 0.3) is 16.8 Å². The van der Waals surface area contributed by atoms with Crippen LogP contribution >= 0.6 is 0 Å². The molecule has 1 aliphatic carbocycles. The van der Waals surface area contributed by atoms with Gasteiger partial charge in [0.05, 0.1) is 11.4 Å². The molecule has 1 N–H and O–H groups in total. The van der Waals surface area contributed by atoms with Crippen molar-refractivity contribution in [2.45, 2.75) is 64.8 Å². The summed E-state index contributed by atoms with van der Waals surface area (Å²) in [6.07, 6.45) is 10.5. The minimum atomic E-state index is 0.534. The molecule has 5 nitrogen and oxygen atoms in total. The van der Waals surface area contributed by atoms with Crippen molar-refractivity contribution in [3.8, 4) is 11.1 Å². The van der Waals surface area contributed by atoms with Crippen molar-refractivity contribution in [2.75, 3.05) is 5.32 Å². The molecule has 0 aliphatic heterocycles. The summed E-state index contributed by atoms with van der Waals surface area (Å²) < 4.78 is 7.61. The Hall–Kier alpha value is -3.08. The molecule has 1 fully saturated rings. The van der Waals surface area contributed by atoms with E-state index >= 15 is 0 Å². The number of nitrogens with one attached hydrogen (secondary N) is 1. The van der Waals surface area contributed by atoms with E-state index in [2.05, 4.69) is 63.5 Å². The third-order valence-electron chi connectivity index (χ3n) is 6.46. The smallest absolute Gasteiger partial charge is 0.141 e. The van der Waals surface area contributed by atoms with Crippen molar-refractivity contribution in [1.29, 1.82) is 0 Å². The van der Waals surface area contributed by atoms with Crippen LogP contribution in [0, 0.1) is 13.8 Å². The molecule has 0 bridgehead atoms. The summed E-state index contributed by atoms with van der Waals surface area (Å²) in [6, 6.07) is 15.5. The molecule has 1 saturated carbocycles. The molecule has 0 radical (unpaired) electrons. The molecule has 0 atom stereocenters. The Balaban J connectivity index is 1.51. The number of aromatic nitrogens is 3. The molecular formula is C26H30N4O. The molecule has 5 heteroatoms. The van der Waals surface area contributed by atoms with Gasteiger partial charge in [0.1, 0.15) is 17.2 Å². The van der Waals surface area contributed by atoms with Crippen molar-refractivity contribution in [3.05, 3.63) is 71.4 Å². The molecule has 0 unspecified atom stereocenters. The summed E-state index contributed by atoms with van der Waals surface area (Å²) in [5.74, 6) is 2.00. The topological polar surface area (TPSA) is 55.4 Å². The van der Waals surface area contributed by atoms with Gasteiger partial charge in [0, 0.05) is 17.8 Å². The van der Waals surface area contributed by atoms with Crippen LogP contribution in [0.5, 0.6) is 0 Å². The molecule has 0 spiro atoms. The van der Waals surface area contributed by atoms with Crippen molar-refractivity contribution >= 4 is 11.5 Å². The van der Waals surface area contributed by atoms with Gasteiger partial charge < -0.3 is 9.84 Å². The predicted octanol–water partition coefficient (Wildman–Crippen LogP) is 6.14. The molecule has 160 valence electrons. The van der Waals surface area contributed by atoms with Gasteiger partial charge >= 0.3 is 0 Å². The van der Waals surface area contributed by atoms with E-state index in [0.717, 1.165) is 52.6 Å². The number of hydrogen-bond donors (Lipinski definition) is 1. The first-order chi connectivity index (χ1) is 15.2. The van der Waals surface area contributed by atoms with Gasteiger partial charge in [-0.3, -0.25) is 4.40 Å². The van der Waals surface area contributed by atoms with Crippen LogP contribution in [0.4, 0.5) is 5.82 Å². The zero-order valence-corrected chi connectivity index (χ0v) is 18.4. The van der Waals surface area contributed by atoms with Gasteiger partial charge in [-0.25, -0.2) is 4.98 Å². The van der Waals surface area contributed by atoms with E-state index in [-0.39, 0.29) is 0 Å². The Labute approximate surface area is 183 Å². The van der Waals surface area contributed by atoms with Gasteiger partial charge in [-0.05, 0) is 62.8 Å². The number of fused-ring (bicyclic) bond motifs is 1. The molecule has 1 aliphatic rings. The van der Waals surface area contributed by atoms with Crippen molar-refractivity contribution < 1.29 is 4.52 Å². The highest BCUT2D eigenvalue weighted by atomic mass is 16.5. The number of imidazole rings is 1. The first-order valence-corrected chi connectivity index (χ1v) is 11.4. The van der Waals surface area contributed by atoms with Gasteiger partial charge in [-0.2, -0.15) is 0 Å². The number of nitrogens with zero attached hydrogens (tertiary/aromatic N) is 3. The molecule has 4 aromatic rings. The Morgan fingerprint density at radius 2 is 1.84 bits per heavy atom. The highest BCUT2D eigenvalue weighted by molar-refractivity contribution is 5.72. The maximum Gasteiger partial charge on any atom is 0.141 e. The normalized spacial score (nSPS) is 14.9. The summed E-state index contributed by atoms with van der Waals surface area (Å²) in [7, 11) is 0. The summed E-state index contributed by atoms with van der Waals surface area (Å²) in [6.45, 7) is 3.95. The number of pyridine rings is 1. The molecule has 5 rings (SSSR count). The van der Waals surface area contributed by atoms with E-state index < -0.39 is 0 Å². The highest BCUT2D eigenvalue weighted by Gasteiger charge is 2.20. The lowest BCUT2D eigenvalue weighted by Gasteiger charge is -2.24. The molecule has 31 heavy (non-hydrogen) atoms. The SMILES string of the molecule is Cc1noc(C)c1-c1ccn2c(NC3CCCCC3)c(CCc3ccccc3)nc2c1. The van der Waals surface area contributed by atoms with Crippen LogP contribution in [0.2, 0.25) is 0 Å². The predicted molar refractivity (Wildman–Crippen MR) is 125 cm³/mol. The Morgan fingerprint density at radius 3 is 2.58 bits per heavy atom. The van der Waals surface area contributed by atoms with E-state index in [4.69, 9.17) is 9.51 Å². The van der Waals surface area contributed by atoms with Gasteiger partial charge in [0.2, 0.25) is 0 Å². The first-order valence-electron chi connectivity index (χ1n) is 11.4. The number of rotatable bonds is 6. The van der Waals surface area contributed by atoms with Crippen molar-refractivity contribution in [1.82, 2.24) is 14.5 Å². The van der Waals surface area contributed by atoms with Gasteiger partial charge in [-0.1, -0.05) is 54.8 Å². The zero-order chi connectivity index (χ0) is 21.2. The van der Waals surface area contributed by atoms with Gasteiger partial charge in [-0.15, -0.1) is 0 Å². The van der Waals surface area contributed by atoms with E-state index in [9.17, 15) is 0 Å². The molecule has 3 heterocycles. The van der Waals surface area contributed by atoms with E-state index in [1.54, 1.807) is 0 Å². The fourth-order valence-corrected chi connectivity index (χ4v) is 4.82. The lowest BCUT2D eigenvalue weighted by Crippen LogP contribution is -2.23. The monoisotopic (exact) mass is 414 g/mol. The third kappa shape index (κ3) is 4.09. The fourth-order valence-electron chi connectivity index (χ4n) is 4.82. The lowest BCUT2D eigenvalue weighted by atomic mass is 9.95. The van der Waals surface area contributed by atoms with Crippen LogP contribution in [0.3, 0.4) is 0 Å². The first kappa shape index (κ1) is 19.9. The van der Waals surface area contributed by atoms with Crippen LogP contribution < -0.4 is 5.32 Å².